The van der Waals surface area contributed by atoms with Crippen LogP contribution in [0, 0.1) is 6.92 Å². The zero-order chi connectivity index (χ0) is 10.8. The normalized spacial score (nSPS) is 10.5. The Morgan fingerprint density at radius 2 is 2.20 bits per heavy atom. The molecular weight excluding hydrogens is 208 g/mol. The van der Waals surface area contributed by atoms with Crippen molar-refractivity contribution < 1.29 is 0 Å². The van der Waals surface area contributed by atoms with Crippen LogP contribution in [0.15, 0.2) is 34.7 Å². The lowest BCUT2D eigenvalue weighted by molar-refractivity contribution is 0.788. The van der Waals surface area contributed by atoms with Crippen molar-refractivity contribution in [3.8, 4) is 0 Å². The zero-order valence-electron chi connectivity index (χ0n) is 8.64. The summed E-state index contributed by atoms with van der Waals surface area (Å²) in [7, 11) is 1.95. The van der Waals surface area contributed by atoms with Crippen LogP contribution in [0.1, 0.15) is 5.56 Å². The van der Waals surface area contributed by atoms with Gasteiger partial charge in [0.1, 0.15) is 10.8 Å². The molecule has 2 heterocycles. The fourth-order valence-corrected chi connectivity index (χ4v) is 1.91. The molecule has 0 bridgehead atoms. The van der Waals surface area contributed by atoms with E-state index in [2.05, 4.69) is 9.97 Å². The molecule has 0 fully saturated rings. The second kappa shape index (κ2) is 3.94. The number of aryl methyl sites for hydroxylation is 2. The van der Waals surface area contributed by atoms with Gasteiger partial charge in [-0.25, -0.2) is 9.97 Å². The molecule has 0 aliphatic rings. The highest BCUT2D eigenvalue weighted by Gasteiger charge is 2.04. The fraction of sp³-hybridized carbons (Fsp3) is 0.200. The van der Waals surface area contributed by atoms with Gasteiger partial charge in [-0.2, -0.15) is 0 Å². The molecule has 0 aromatic carbocycles. The first kappa shape index (κ1) is 10.0. The Kier molecular flexibility index (Phi) is 2.64. The van der Waals surface area contributed by atoms with Crippen LogP contribution in [0.3, 0.4) is 0 Å². The molecule has 2 N–H and O–H groups in total. The van der Waals surface area contributed by atoms with E-state index in [0.717, 1.165) is 15.7 Å². The topological polar surface area (TPSA) is 56.7 Å². The van der Waals surface area contributed by atoms with Gasteiger partial charge in [-0.05, 0) is 30.3 Å². The Labute approximate surface area is 92.5 Å². The van der Waals surface area contributed by atoms with Crippen molar-refractivity contribution in [3.63, 3.8) is 0 Å². The first-order chi connectivity index (χ1) is 7.16. The van der Waals surface area contributed by atoms with Crippen LogP contribution in [-0.4, -0.2) is 14.5 Å². The monoisotopic (exact) mass is 220 g/mol. The number of nitrogens with zero attached hydrogens (tertiary/aromatic N) is 3. The van der Waals surface area contributed by atoms with Gasteiger partial charge in [0.05, 0.1) is 0 Å². The van der Waals surface area contributed by atoms with E-state index in [1.165, 1.54) is 11.8 Å². The summed E-state index contributed by atoms with van der Waals surface area (Å²) in [5, 5.41) is 1.78. The first-order valence-corrected chi connectivity index (χ1v) is 5.37. The first-order valence-electron chi connectivity index (χ1n) is 4.55. The van der Waals surface area contributed by atoms with Crippen LogP contribution < -0.4 is 5.73 Å². The highest BCUT2D eigenvalue weighted by Crippen LogP contribution is 2.25. The number of imidazole rings is 1. The van der Waals surface area contributed by atoms with Crippen LogP contribution in [0.4, 0.5) is 5.82 Å². The third-order valence-corrected chi connectivity index (χ3v) is 3.10. The summed E-state index contributed by atoms with van der Waals surface area (Å²) in [4.78, 5) is 8.48. The lowest BCUT2D eigenvalue weighted by atomic mass is 10.3. The Balaban J connectivity index is 2.25. The molecule has 0 atom stereocenters. The van der Waals surface area contributed by atoms with Crippen LogP contribution >= 0.6 is 11.8 Å². The molecule has 0 aliphatic carbocycles. The van der Waals surface area contributed by atoms with Crippen molar-refractivity contribution in [2.75, 3.05) is 5.73 Å². The van der Waals surface area contributed by atoms with E-state index in [4.69, 9.17) is 5.73 Å². The average Bonchev–Trinajstić information content (AvgIpc) is 2.59. The van der Waals surface area contributed by atoms with Gasteiger partial charge in [-0.3, -0.25) is 0 Å². The van der Waals surface area contributed by atoms with E-state index in [-0.39, 0.29) is 0 Å². The molecule has 0 amide bonds. The molecular formula is C10H12N4S. The third kappa shape index (κ3) is 2.12. The maximum atomic E-state index is 5.74. The molecule has 0 aliphatic heterocycles. The summed E-state index contributed by atoms with van der Waals surface area (Å²) in [6.45, 7) is 1.94. The van der Waals surface area contributed by atoms with E-state index in [1.54, 1.807) is 6.20 Å². The van der Waals surface area contributed by atoms with E-state index >= 15 is 0 Å². The second-order valence-corrected chi connectivity index (χ2v) is 4.26. The molecule has 0 radical (unpaired) electrons. The van der Waals surface area contributed by atoms with Gasteiger partial charge in [0, 0.05) is 19.4 Å². The van der Waals surface area contributed by atoms with Gasteiger partial charge in [0.25, 0.3) is 0 Å². The summed E-state index contributed by atoms with van der Waals surface area (Å²) in [6.07, 6.45) is 3.67. The molecule has 2 rings (SSSR count). The maximum absolute atomic E-state index is 5.74. The lowest BCUT2D eigenvalue weighted by Gasteiger charge is -2.03. The van der Waals surface area contributed by atoms with Crippen LogP contribution in [-0.2, 0) is 7.05 Å². The largest absolute Gasteiger partial charge is 0.383 e. The van der Waals surface area contributed by atoms with Gasteiger partial charge >= 0.3 is 0 Å². The Hall–Kier alpha value is -1.49. The molecule has 0 spiro atoms. The lowest BCUT2D eigenvalue weighted by Crippen LogP contribution is -1.95. The zero-order valence-corrected chi connectivity index (χ0v) is 9.45. The van der Waals surface area contributed by atoms with Crippen molar-refractivity contribution in [2.45, 2.75) is 17.1 Å². The quantitative estimate of drug-likeness (QED) is 0.839. The molecule has 78 valence electrons. The fourth-order valence-electron chi connectivity index (χ4n) is 1.13. The number of pyridine rings is 1. The van der Waals surface area contributed by atoms with Gasteiger partial charge in [-0.15, -0.1) is 0 Å². The average molecular weight is 220 g/mol. The van der Waals surface area contributed by atoms with Gasteiger partial charge in [0.2, 0.25) is 0 Å². The minimum atomic E-state index is 0.578. The van der Waals surface area contributed by atoms with E-state index in [0.29, 0.717) is 5.82 Å². The van der Waals surface area contributed by atoms with E-state index in [9.17, 15) is 0 Å². The molecule has 0 saturated carbocycles. The van der Waals surface area contributed by atoms with E-state index < -0.39 is 0 Å². The molecule has 5 heteroatoms. The summed E-state index contributed by atoms with van der Waals surface area (Å²) >= 11 is 1.50. The van der Waals surface area contributed by atoms with Crippen molar-refractivity contribution in [1.29, 1.82) is 0 Å². The van der Waals surface area contributed by atoms with Crippen LogP contribution in [0.25, 0.3) is 0 Å². The Bertz CT molecular complexity index is 478. The van der Waals surface area contributed by atoms with Crippen molar-refractivity contribution in [1.82, 2.24) is 14.5 Å². The second-order valence-electron chi connectivity index (χ2n) is 3.27. The SMILES string of the molecule is Cc1ccc(Sc2nccn2C)nc1N. The number of hydrogen-bond donors (Lipinski definition) is 1. The molecule has 0 saturated heterocycles. The summed E-state index contributed by atoms with van der Waals surface area (Å²) < 4.78 is 1.95. The van der Waals surface area contributed by atoms with Crippen LogP contribution in [0.5, 0.6) is 0 Å². The highest BCUT2D eigenvalue weighted by molar-refractivity contribution is 7.99. The minimum Gasteiger partial charge on any atom is -0.383 e. The van der Waals surface area contributed by atoms with Gasteiger partial charge in [0.15, 0.2) is 5.16 Å². The number of hydrogen-bond acceptors (Lipinski definition) is 4. The molecule has 4 nitrogen and oxygen atoms in total. The molecule has 0 unspecified atom stereocenters. The summed E-state index contributed by atoms with van der Waals surface area (Å²) in [5.74, 6) is 0.578. The summed E-state index contributed by atoms with van der Waals surface area (Å²) in [5.41, 5.74) is 6.74. The van der Waals surface area contributed by atoms with Crippen molar-refractivity contribution >= 4 is 17.6 Å². The predicted molar refractivity (Wildman–Crippen MR) is 60.7 cm³/mol. The smallest absolute Gasteiger partial charge is 0.174 e. The maximum Gasteiger partial charge on any atom is 0.174 e. The Morgan fingerprint density at radius 3 is 2.80 bits per heavy atom. The molecule has 2 aromatic rings. The number of nitrogen functional groups attached to an aromatic ring is 1. The Morgan fingerprint density at radius 1 is 1.40 bits per heavy atom. The third-order valence-electron chi connectivity index (χ3n) is 2.08. The van der Waals surface area contributed by atoms with Crippen LogP contribution in [0.2, 0.25) is 0 Å². The van der Waals surface area contributed by atoms with E-state index in [1.807, 2.05) is 36.9 Å². The minimum absolute atomic E-state index is 0.578. The summed E-state index contributed by atoms with van der Waals surface area (Å²) in [6, 6.07) is 3.92. The standard InChI is InChI=1S/C10H12N4S/c1-7-3-4-8(13-9(7)11)15-10-12-5-6-14(10)2/h3-6H,1-2H3,(H2,11,13). The van der Waals surface area contributed by atoms with Gasteiger partial charge in [-0.1, -0.05) is 6.07 Å². The van der Waals surface area contributed by atoms with Crippen molar-refractivity contribution in [3.05, 3.63) is 30.1 Å². The molecule has 15 heavy (non-hydrogen) atoms. The van der Waals surface area contributed by atoms with Gasteiger partial charge < -0.3 is 10.3 Å². The van der Waals surface area contributed by atoms with Crippen molar-refractivity contribution in [2.24, 2.45) is 7.05 Å². The highest BCUT2D eigenvalue weighted by atomic mass is 32.2. The number of rotatable bonds is 2. The number of aromatic nitrogens is 3. The number of nitrogens with two attached hydrogens (primary N) is 1. The number of anilines is 1. The molecule has 2 aromatic heterocycles. The predicted octanol–water partition coefficient (Wildman–Crippen LogP) is 1.86.